The Kier molecular flexibility index (Phi) is 7.45. The molecular formula is C27H30N2O5. The van der Waals surface area contributed by atoms with Crippen LogP contribution in [0.5, 0.6) is 5.75 Å². The van der Waals surface area contributed by atoms with Gasteiger partial charge in [0.1, 0.15) is 25.4 Å². The second-order valence-corrected chi connectivity index (χ2v) is 8.62. The topological polar surface area (TPSA) is 83.3 Å². The van der Waals surface area contributed by atoms with Gasteiger partial charge < -0.3 is 24.4 Å². The van der Waals surface area contributed by atoms with E-state index in [-0.39, 0.29) is 5.57 Å². The summed E-state index contributed by atoms with van der Waals surface area (Å²) in [6.07, 6.45) is 1.64. The molecule has 0 aromatic heterocycles. The van der Waals surface area contributed by atoms with E-state index in [2.05, 4.69) is 6.58 Å². The maximum atomic E-state index is 13.5. The maximum Gasteiger partial charge on any atom is 0.295 e. The maximum absolute atomic E-state index is 13.5. The van der Waals surface area contributed by atoms with E-state index in [1.54, 1.807) is 35.2 Å². The lowest BCUT2D eigenvalue weighted by atomic mass is 9.94. The molecule has 34 heavy (non-hydrogen) atoms. The van der Waals surface area contributed by atoms with Gasteiger partial charge in [-0.1, -0.05) is 60.4 Å². The third kappa shape index (κ3) is 5.05. The lowest BCUT2D eigenvalue weighted by molar-refractivity contribution is -0.907. The van der Waals surface area contributed by atoms with Crippen LogP contribution in [0.15, 0.2) is 66.8 Å². The molecule has 7 nitrogen and oxygen atoms in total. The molecule has 0 saturated carbocycles. The number of aryl methyl sites for hydroxylation is 1. The molecule has 0 aliphatic carbocycles. The highest BCUT2D eigenvalue weighted by molar-refractivity contribution is 6.46. The van der Waals surface area contributed by atoms with Crippen molar-refractivity contribution in [1.82, 2.24) is 4.90 Å². The Bertz CT molecular complexity index is 1070. The summed E-state index contributed by atoms with van der Waals surface area (Å²) in [6.45, 7) is 10.1. The van der Waals surface area contributed by atoms with Crippen molar-refractivity contribution in [2.45, 2.75) is 13.0 Å². The summed E-state index contributed by atoms with van der Waals surface area (Å²) >= 11 is 0. The first-order valence-electron chi connectivity index (χ1n) is 11.6. The second-order valence-electron chi connectivity index (χ2n) is 8.62. The molecule has 178 valence electrons. The average molecular weight is 463 g/mol. The fourth-order valence-corrected chi connectivity index (χ4v) is 4.40. The number of carbonyl (C=O) groups is 2. The third-order valence-electron chi connectivity index (χ3n) is 6.31. The van der Waals surface area contributed by atoms with Crippen LogP contribution < -0.4 is 14.7 Å². The molecule has 1 N–H and O–H groups in total. The van der Waals surface area contributed by atoms with Crippen molar-refractivity contribution in [3.63, 3.8) is 0 Å². The first-order chi connectivity index (χ1) is 16.5. The van der Waals surface area contributed by atoms with Crippen LogP contribution in [0.1, 0.15) is 22.7 Å². The Morgan fingerprint density at radius 1 is 1.15 bits per heavy atom. The van der Waals surface area contributed by atoms with Gasteiger partial charge in [0.25, 0.3) is 5.91 Å². The molecule has 1 amide bonds. The summed E-state index contributed by atoms with van der Waals surface area (Å²) in [5.41, 5.74) is 2.17. The Hall–Kier alpha value is -3.42. The van der Waals surface area contributed by atoms with Crippen LogP contribution in [0.3, 0.4) is 0 Å². The third-order valence-corrected chi connectivity index (χ3v) is 6.31. The van der Waals surface area contributed by atoms with Crippen LogP contribution in [0.25, 0.3) is 5.76 Å². The summed E-state index contributed by atoms with van der Waals surface area (Å²) in [6, 6.07) is 13.5. The number of nitrogens with zero attached hydrogens (tertiary/aromatic N) is 1. The number of hydrogen-bond donors (Lipinski definition) is 1. The summed E-state index contributed by atoms with van der Waals surface area (Å²) in [5.74, 6) is -1.17. The standard InChI is InChI=1S/C27H30N2O5/c1-3-16-34-22-10-8-21(9-11-22)25(30)23-24(20-6-4-19(2)5-7-20)29(27(32)26(23)31)13-12-28-14-17-33-18-15-28/h3-11,24,30H,1,12-18H2,2H3. The van der Waals surface area contributed by atoms with E-state index in [1.165, 1.54) is 4.90 Å². The molecule has 1 atom stereocenters. The highest BCUT2D eigenvalue weighted by Crippen LogP contribution is 2.38. The summed E-state index contributed by atoms with van der Waals surface area (Å²) < 4.78 is 10.9. The number of benzene rings is 2. The van der Waals surface area contributed by atoms with Gasteiger partial charge in [0.05, 0.1) is 32.3 Å². The van der Waals surface area contributed by atoms with Crippen molar-refractivity contribution >= 4 is 17.4 Å². The molecule has 2 aliphatic heterocycles. The molecule has 2 fully saturated rings. The molecule has 0 bridgehead atoms. The van der Waals surface area contributed by atoms with Crippen LogP contribution in [0.4, 0.5) is 0 Å². The fraction of sp³-hybridized carbons (Fsp3) is 0.333. The largest absolute Gasteiger partial charge is 0.872 e. The van der Waals surface area contributed by atoms with Crippen LogP contribution >= 0.6 is 0 Å². The van der Waals surface area contributed by atoms with Crippen molar-refractivity contribution in [1.29, 1.82) is 0 Å². The first kappa shape index (κ1) is 23.7. The number of morpholine rings is 1. The monoisotopic (exact) mass is 462 g/mol. The quantitative estimate of drug-likeness (QED) is 0.270. The van der Waals surface area contributed by atoms with Gasteiger partial charge in [-0.15, -0.1) is 0 Å². The number of amides is 1. The van der Waals surface area contributed by atoms with E-state index in [0.717, 1.165) is 24.2 Å². The predicted molar refractivity (Wildman–Crippen MR) is 126 cm³/mol. The van der Waals surface area contributed by atoms with Crippen LogP contribution in [0, 0.1) is 6.92 Å². The zero-order valence-corrected chi connectivity index (χ0v) is 19.4. The minimum Gasteiger partial charge on any atom is -0.872 e. The Balaban J connectivity index is 1.68. The van der Waals surface area contributed by atoms with Crippen LogP contribution in [0.2, 0.25) is 0 Å². The smallest absolute Gasteiger partial charge is 0.295 e. The van der Waals surface area contributed by atoms with Gasteiger partial charge in [0.15, 0.2) is 0 Å². The highest BCUT2D eigenvalue weighted by atomic mass is 16.5. The Labute approximate surface area is 199 Å². The molecule has 1 unspecified atom stereocenters. The fourth-order valence-electron chi connectivity index (χ4n) is 4.40. The Morgan fingerprint density at radius 2 is 1.82 bits per heavy atom. The number of carbonyl (C=O) groups excluding carboxylic acids is 2. The highest BCUT2D eigenvalue weighted by Gasteiger charge is 2.44. The van der Waals surface area contributed by atoms with Gasteiger partial charge in [0, 0.05) is 5.57 Å². The average Bonchev–Trinajstić information content (AvgIpc) is 3.12. The van der Waals surface area contributed by atoms with E-state index in [9.17, 15) is 14.7 Å². The summed E-state index contributed by atoms with van der Waals surface area (Å²) in [4.78, 5) is 29.1. The SMILES string of the molecule is C=CCOc1ccc(C([O-])=C2C(=O)C(=O)N(CC[NH+]3CCOCC3)C2c2ccc(C)cc2)cc1. The molecule has 4 rings (SSSR count). The van der Waals surface area contributed by atoms with Crippen molar-refractivity contribution in [3.05, 3.63) is 83.4 Å². The number of ketones is 1. The molecular weight excluding hydrogens is 432 g/mol. The second kappa shape index (κ2) is 10.7. The molecule has 2 aromatic carbocycles. The number of ether oxygens (including phenoxy) is 2. The number of rotatable bonds is 8. The molecule has 2 aromatic rings. The molecule has 2 saturated heterocycles. The number of nitrogens with one attached hydrogen (secondary N) is 1. The van der Waals surface area contributed by atoms with E-state index >= 15 is 0 Å². The van der Waals surface area contributed by atoms with Crippen molar-refractivity contribution < 1.29 is 29.1 Å². The number of quaternary nitrogens is 1. The Morgan fingerprint density at radius 3 is 2.47 bits per heavy atom. The van der Waals surface area contributed by atoms with Crippen LogP contribution in [-0.4, -0.2) is 62.6 Å². The molecule has 7 heteroatoms. The minimum absolute atomic E-state index is 0.00518. The summed E-state index contributed by atoms with van der Waals surface area (Å²) in [7, 11) is 0. The number of Topliss-reactive ketones (excluding diaryl/α,β-unsaturated/α-hetero) is 1. The van der Waals surface area contributed by atoms with E-state index in [4.69, 9.17) is 9.47 Å². The van der Waals surface area contributed by atoms with E-state index < -0.39 is 23.5 Å². The van der Waals surface area contributed by atoms with Crippen molar-refractivity contribution in [2.75, 3.05) is 46.0 Å². The normalized spacial score (nSPS) is 20.5. The zero-order valence-electron chi connectivity index (χ0n) is 19.4. The van der Waals surface area contributed by atoms with Gasteiger partial charge in [-0.3, -0.25) is 9.59 Å². The van der Waals surface area contributed by atoms with E-state index in [0.29, 0.717) is 44.2 Å². The van der Waals surface area contributed by atoms with Gasteiger partial charge in [-0.2, -0.15) is 0 Å². The zero-order chi connectivity index (χ0) is 24.1. The number of likely N-dealkylation sites (tertiary alicyclic amines) is 1. The molecule has 0 radical (unpaired) electrons. The number of hydrogen-bond acceptors (Lipinski definition) is 5. The van der Waals surface area contributed by atoms with Gasteiger partial charge in [0.2, 0.25) is 5.78 Å². The van der Waals surface area contributed by atoms with Crippen molar-refractivity contribution in [2.24, 2.45) is 0 Å². The molecule has 2 aliphatic rings. The van der Waals surface area contributed by atoms with Gasteiger partial charge >= 0.3 is 0 Å². The van der Waals surface area contributed by atoms with E-state index in [1.807, 2.05) is 31.2 Å². The predicted octanol–water partition coefficient (Wildman–Crippen LogP) is 0.699. The van der Waals surface area contributed by atoms with Crippen molar-refractivity contribution in [3.8, 4) is 5.75 Å². The molecule has 2 heterocycles. The lowest BCUT2D eigenvalue weighted by Gasteiger charge is -2.30. The van der Waals surface area contributed by atoms with Gasteiger partial charge in [-0.05, 0) is 30.2 Å². The van der Waals surface area contributed by atoms with Gasteiger partial charge in [-0.25, -0.2) is 0 Å². The summed E-state index contributed by atoms with van der Waals surface area (Å²) in [5, 5.41) is 13.5. The minimum atomic E-state index is -0.723. The lowest BCUT2D eigenvalue weighted by Crippen LogP contribution is -3.14. The first-order valence-corrected chi connectivity index (χ1v) is 11.6. The molecule has 0 spiro atoms. The van der Waals surface area contributed by atoms with Crippen LogP contribution in [-0.2, 0) is 14.3 Å².